The molecule has 0 aromatic carbocycles. The number of carbonyl (C=O) groups is 2. The van der Waals surface area contributed by atoms with E-state index in [-0.39, 0.29) is 17.5 Å². The molecule has 1 rings (SSSR count). The molecule has 1 heterocycles. The zero-order chi connectivity index (χ0) is 13.4. The molecule has 6 heteroatoms. The molecule has 1 aliphatic rings. The molecule has 6 nitrogen and oxygen atoms in total. The van der Waals surface area contributed by atoms with Gasteiger partial charge in [0.2, 0.25) is 0 Å². The van der Waals surface area contributed by atoms with Gasteiger partial charge in [0.15, 0.2) is 0 Å². The number of hydrazine groups is 1. The highest BCUT2D eigenvalue weighted by Gasteiger charge is 2.43. The minimum Gasteiger partial charge on any atom is -0.361 e. The van der Waals surface area contributed by atoms with Gasteiger partial charge in [-0.25, -0.2) is 5.84 Å². The molecule has 2 amide bonds. The quantitative estimate of drug-likeness (QED) is 0.275. The van der Waals surface area contributed by atoms with E-state index in [0.29, 0.717) is 0 Å². The fourth-order valence-electron chi connectivity index (χ4n) is 2.34. The Kier molecular flexibility index (Phi) is 3.78. The van der Waals surface area contributed by atoms with E-state index in [0.717, 1.165) is 18.0 Å². The molecule has 1 fully saturated rings. The summed E-state index contributed by atoms with van der Waals surface area (Å²) in [6.45, 7) is 7.08. The fraction of sp³-hybridized carbons (Fsp3) is 0.818. The lowest BCUT2D eigenvalue weighted by Gasteiger charge is -2.50. The molecule has 0 radical (unpaired) electrons. The molecule has 0 bridgehead atoms. The van der Waals surface area contributed by atoms with E-state index in [1.807, 2.05) is 14.0 Å². The van der Waals surface area contributed by atoms with Crippen LogP contribution in [0.2, 0.25) is 0 Å². The fourth-order valence-corrected chi connectivity index (χ4v) is 2.34. The molecule has 2 atom stereocenters. The van der Waals surface area contributed by atoms with Crippen LogP contribution in [0.25, 0.3) is 0 Å². The molecule has 1 aliphatic heterocycles. The van der Waals surface area contributed by atoms with Crippen molar-refractivity contribution in [3.63, 3.8) is 0 Å². The van der Waals surface area contributed by atoms with Crippen LogP contribution in [0, 0.1) is 5.92 Å². The first-order valence-electron chi connectivity index (χ1n) is 5.78. The average molecular weight is 242 g/mol. The van der Waals surface area contributed by atoms with E-state index in [9.17, 15) is 9.59 Å². The van der Waals surface area contributed by atoms with Crippen LogP contribution in [-0.2, 0) is 9.59 Å². The van der Waals surface area contributed by atoms with Crippen LogP contribution in [0.5, 0.6) is 0 Å². The largest absolute Gasteiger partial charge is 0.361 e. The van der Waals surface area contributed by atoms with Gasteiger partial charge in [0, 0.05) is 12.1 Å². The third-order valence-corrected chi connectivity index (χ3v) is 4.24. The van der Waals surface area contributed by atoms with Crippen molar-refractivity contribution in [3.05, 3.63) is 0 Å². The van der Waals surface area contributed by atoms with Gasteiger partial charge in [-0.15, -0.1) is 0 Å². The summed E-state index contributed by atoms with van der Waals surface area (Å²) >= 11 is 0. The summed E-state index contributed by atoms with van der Waals surface area (Å²) in [5, 5.41) is 1.00. The molecule has 4 N–H and O–H groups in total. The summed E-state index contributed by atoms with van der Waals surface area (Å²) in [6, 6.07) is -0.152. The first kappa shape index (κ1) is 13.9. The van der Waals surface area contributed by atoms with Gasteiger partial charge in [0.05, 0.1) is 6.04 Å². The van der Waals surface area contributed by atoms with Gasteiger partial charge in [0.25, 0.3) is 0 Å². The summed E-state index contributed by atoms with van der Waals surface area (Å²) < 4.78 is 0. The first-order valence-corrected chi connectivity index (χ1v) is 5.78. The molecule has 2 unspecified atom stereocenters. The van der Waals surface area contributed by atoms with Crippen LogP contribution < -0.4 is 11.6 Å². The van der Waals surface area contributed by atoms with Gasteiger partial charge < -0.3 is 10.6 Å². The van der Waals surface area contributed by atoms with Gasteiger partial charge >= 0.3 is 11.8 Å². The second kappa shape index (κ2) is 4.62. The van der Waals surface area contributed by atoms with E-state index in [1.54, 1.807) is 0 Å². The molecule has 17 heavy (non-hydrogen) atoms. The van der Waals surface area contributed by atoms with Crippen molar-refractivity contribution >= 4 is 11.8 Å². The van der Waals surface area contributed by atoms with E-state index < -0.39 is 11.8 Å². The first-order chi connectivity index (χ1) is 7.69. The summed E-state index contributed by atoms with van der Waals surface area (Å²) in [5.74, 6) is 4.06. The summed E-state index contributed by atoms with van der Waals surface area (Å²) in [7, 11) is 2.05. The Labute approximate surface area is 102 Å². The normalized spacial score (nSPS) is 28.8. The third-order valence-electron chi connectivity index (χ3n) is 4.24. The standard InChI is InChI=1S/C11H22N4O2/c1-7-8(15(13)10(17)9(12)16)5-6-14(4)11(7,2)3/h7-8H,5-6,13H2,1-4H3,(H2,12,16). The van der Waals surface area contributed by atoms with E-state index in [4.69, 9.17) is 11.6 Å². The highest BCUT2D eigenvalue weighted by molar-refractivity contribution is 6.34. The monoisotopic (exact) mass is 242 g/mol. The second-order valence-electron chi connectivity index (χ2n) is 5.30. The van der Waals surface area contributed by atoms with Gasteiger partial charge in [-0.05, 0) is 33.2 Å². The Morgan fingerprint density at radius 2 is 1.94 bits per heavy atom. The Morgan fingerprint density at radius 1 is 1.41 bits per heavy atom. The van der Waals surface area contributed by atoms with Gasteiger partial charge in [-0.3, -0.25) is 14.6 Å². The van der Waals surface area contributed by atoms with Crippen LogP contribution in [0.4, 0.5) is 0 Å². The number of hydrogen-bond acceptors (Lipinski definition) is 4. The molecular formula is C11H22N4O2. The van der Waals surface area contributed by atoms with Crippen LogP contribution in [0.15, 0.2) is 0 Å². The minimum atomic E-state index is -1.00. The number of likely N-dealkylation sites (tertiary alicyclic amines) is 1. The van der Waals surface area contributed by atoms with Gasteiger partial charge in [0.1, 0.15) is 0 Å². The number of primary amides is 1. The number of rotatable bonds is 1. The van der Waals surface area contributed by atoms with Crippen molar-refractivity contribution in [3.8, 4) is 0 Å². The van der Waals surface area contributed by atoms with Gasteiger partial charge in [-0.2, -0.15) is 0 Å². The zero-order valence-corrected chi connectivity index (χ0v) is 10.9. The van der Waals surface area contributed by atoms with E-state index >= 15 is 0 Å². The topological polar surface area (TPSA) is 92.7 Å². The average Bonchev–Trinajstić information content (AvgIpc) is 2.25. The Balaban J connectivity index is 2.86. The molecule has 98 valence electrons. The molecular weight excluding hydrogens is 220 g/mol. The Morgan fingerprint density at radius 3 is 2.41 bits per heavy atom. The van der Waals surface area contributed by atoms with E-state index in [1.165, 1.54) is 0 Å². The lowest BCUT2D eigenvalue weighted by molar-refractivity contribution is -0.149. The minimum absolute atomic E-state index is 0.0710. The Bertz CT molecular complexity index is 329. The van der Waals surface area contributed by atoms with Crippen molar-refractivity contribution in [1.29, 1.82) is 0 Å². The third kappa shape index (κ3) is 2.42. The molecule has 0 spiro atoms. The van der Waals surface area contributed by atoms with E-state index in [2.05, 4.69) is 18.7 Å². The maximum Gasteiger partial charge on any atom is 0.325 e. The van der Waals surface area contributed by atoms with Crippen molar-refractivity contribution in [2.45, 2.75) is 38.8 Å². The highest BCUT2D eigenvalue weighted by Crippen LogP contribution is 2.33. The van der Waals surface area contributed by atoms with Crippen LogP contribution in [0.3, 0.4) is 0 Å². The summed E-state index contributed by atoms with van der Waals surface area (Å²) in [4.78, 5) is 24.6. The Hall–Kier alpha value is -1.14. The number of amides is 2. The molecule has 0 aliphatic carbocycles. The highest BCUT2D eigenvalue weighted by atomic mass is 16.2. The van der Waals surface area contributed by atoms with Crippen LogP contribution in [0.1, 0.15) is 27.2 Å². The van der Waals surface area contributed by atoms with Crippen molar-refractivity contribution in [2.75, 3.05) is 13.6 Å². The number of hydrogen-bond donors (Lipinski definition) is 2. The smallest absolute Gasteiger partial charge is 0.325 e. The lowest BCUT2D eigenvalue weighted by atomic mass is 9.77. The predicted molar refractivity (Wildman–Crippen MR) is 64.5 cm³/mol. The molecule has 0 aromatic heterocycles. The zero-order valence-electron chi connectivity index (χ0n) is 10.9. The predicted octanol–water partition coefficient (Wildman–Crippen LogP) is -0.707. The number of nitrogens with two attached hydrogens (primary N) is 2. The molecule has 0 saturated carbocycles. The number of nitrogens with zero attached hydrogens (tertiary/aromatic N) is 2. The number of piperidine rings is 1. The van der Waals surface area contributed by atoms with Crippen molar-refractivity contribution in [1.82, 2.24) is 9.91 Å². The van der Waals surface area contributed by atoms with Crippen molar-refractivity contribution < 1.29 is 9.59 Å². The molecule has 1 saturated heterocycles. The SMILES string of the molecule is CC1C(N(N)C(=O)C(N)=O)CCN(C)C1(C)C. The van der Waals surface area contributed by atoms with Crippen molar-refractivity contribution in [2.24, 2.45) is 17.5 Å². The van der Waals surface area contributed by atoms with Gasteiger partial charge in [-0.1, -0.05) is 6.92 Å². The lowest BCUT2D eigenvalue weighted by Crippen LogP contribution is -2.63. The maximum atomic E-state index is 11.5. The second-order valence-corrected chi connectivity index (χ2v) is 5.30. The summed E-state index contributed by atoms with van der Waals surface area (Å²) in [6.07, 6.45) is 0.747. The van der Waals surface area contributed by atoms with Crippen LogP contribution in [-0.4, -0.2) is 46.9 Å². The maximum absolute atomic E-state index is 11.5. The molecule has 0 aromatic rings. The van der Waals surface area contributed by atoms with Crippen LogP contribution >= 0.6 is 0 Å². The summed E-state index contributed by atoms with van der Waals surface area (Å²) in [5.41, 5.74) is 4.89. The number of carbonyl (C=O) groups excluding carboxylic acids is 2.